The minimum Gasteiger partial charge on any atom is -0.459 e. The minimum atomic E-state index is -0.202. The van der Waals surface area contributed by atoms with Crippen LogP contribution in [0.5, 0.6) is 0 Å². The molecule has 2 N–H and O–H groups in total. The van der Waals surface area contributed by atoms with E-state index in [1.54, 1.807) is 41.3 Å². The zero-order chi connectivity index (χ0) is 20.6. The number of hydrogen-bond donors (Lipinski definition) is 2. The first-order valence-corrected chi connectivity index (χ1v) is 10.1. The Hall–Kier alpha value is -3.09. The zero-order valence-electron chi connectivity index (χ0n) is 16.6. The van der Waals surface area contributed by atoms with E-state index in [9.17, 15) is 14.4 Å². The second-order valence-corrected chi connectivity index (χ2v) is 7.19. The summed E-state index contributed by atoms with van der Waals surface area (Å²) >= 11 is 0. The average molecular weight is 397 g/mol. The molecule has 3 amide bonds. The summed E-state index contributed by atoms with van der Waals surface area (Å²) in [4.78, 5) is 39.2. The summed E-state index contributed by atoms with van der Waals surface area (Å²) in [6.07, 6.45) is 4.53. The normalized spacial score (nSPS) is 14.4. The van der Waals surface area contributed by atoms with Crippen molar-refractivity contribution < 1.29 is 18.8 Å². The molecule has 154 valence electrons. The third-order valence-corrected chi connectivity index (χ3v) is 5.13. The van der Waals surface area contributed by atoms with Crippen LogP contribution < -0.4 is 10.6 Å². The summed E-state index contributed by atoms with van der Waals surface area (Å²) in [7, 11) is 0. The first-order chi connectivity index (χ1) is 14.1. The van der Waals surface area contributed by atoms with Crippen LogP contribution in [0.3, 0.4) is 0 Å². The van der Waals surface area contributed by atoms with Crippen molar-refractivity contribution in [3.8, 4) is 0 Å². The number of anilines is 1. The molecular weight excluding hydrogens is 370 g/mol. The van der Waals surface area contributed by atoms with Crippen LogP contribution in [-0.4, -0.2) is 42.3 Å². The van der Waals surface area contributed by atoms with Crippen LogP contribution in [0.25, 0.3) is 0 Å². The lowest BCUT2D eigenvalue weighted by atomic mass is 9.95. The number of likely N-dealkylation sites (tertiary alicyclic amines) is 1. The molecule has 2 aromatic rings. The molecule has 1 aliphatic rings. The van der Waals surface area contributed by atoms with E-state index in [1.165, 1.54) is 6.26 Å². The molecule has 0 radical (unpaired) electrons. The standard InChI is InChI=1S/C22H27N3O4/c1-2-3-12-23-21(27)17-7-4-5-8-18(17)24-20(26)16-10-13-25(14-11-16)22(28)19-9-6-15-29-19/h4-9,15-16H,2-3,10-14H2,1H3,(H,23,27)(H,24,26). The number of para-hydroxylation sites is 1. The lowest BCUT2D eigenvalue weighted by Crippen LogP contribution is -2.41. The number of benzene rings is 1. The van der Waals surface area contributed by atoms with Crippen molar-refractivity contribution in [1.82, 2.24) is 10.2 Å². The van der Waals surface area contributed by atoms with Crippen molar-refractivity contribution in [1.29, 1.82) is 0 Å². The van der Waals surface area contributed by atoms with Gasteiger partial charge in [0.1, 0.15) is 0 Å². The van der Waals surface area contributed by atoms with Gasteiger partial charge in [0.05, 0.1) is 17.5 Å². The first-order valence-electron chi connectivity index (χ1n) is 10.1. The van der Waals surface area contributed by atoms with Gasteiger partial charge in [0.2, 0.25) is 5.91 Å². The van der Waals surface area contributed by atoms with Crippen molar-refractivity contribution in [2.75, 3.05) is 25.0 Å². The molecule has 7 nitrogen and oxygen atoms in total. The smallest absolute Gasteiger partial charge is 0.289 e. The molecular formula is C22H27N3O4. The van der Waals surface area contributed by atoms with Crippen LogP contribution in [0, 0.1) is 5.92 Å². The fraction of sp³-hybridized carbons (Fsp3) is 0.409. The zero-order valence-corrected chi connectivity index (χ0v) is 16.6. The summed E-state index contributed by atoms with van der Waals surface area (Å²) in [6, 6.07) is 10.4. The number of carbonyl (C=O) groups excluding carboxylic acids is 3. The largest absolute Gasteiger partial charge is 0.459 e. The highest BCUT2D eigenvalue weighted by Crippen LogP contribution is 2.22. The topological polar surface area (TPSA) is 91.7 Å². The first kappa shape index (κ1) is 20.6. The van der Waals surface area contributed by atoms with Gasteiger partial charge in [0.25, 0.3) is 11.8 Å². The molecule has 29 heavy (non-hydrogen) atoms. The van der Waals surface area contributed by atoms with Gasteiger partial charge in [-0.3, -0.25) is 14.4 Å². The predicted octanol–water partition coefficient (Wildman–Crippen LogP) is 3.30. The highest BCUT2D eigenvalue weighted by molar-refractivity contribution is 6.04. The molecule has 0 saturated carbocycles. The van der Waals surface area contributed by atoms with E-state index in [0.717, 1.165) is 12.8 Å². The lowest BCUT2D eigenvalue weighted by Gasteiger charge is -2.30. The van der Waals surface area contributed by atoms with Crippen LogP contribution in [0.2, 0.25) is 0 Å². The molecule has 0 unspecified atom stereocenters. The van der Waals surface area contributed by atoms with Gasteiger partial charge in [-0.15, -0.1) is 0 Å². The number of nitrogens with one attached hydrogen (secondary N) is 2. The SMILES string of the molecule is CCCCNC(=O)c1ccccc1NC(=O)C1CCN(C(=O)c2ccco2)CC1. The molecule has 1 saturated heterocycles. The second-order valence-electron chi connectivity index (χ2n) is 7.19. The van der Waals surface area contributed by atoms with Gasteiger partial charge in [-0.25, -0.2) is 0 Å². The van der Waals surface area contributed by atoms with E-state index in [0.29, 0.717) is 49.5 Å². The molecule has 0 spiro atoms. The van der Waals surface area contributed by atoms with Crippen molar-refractivity contribution in [2.24, 2.45) is 5.92 Å². The number of piperidine rings is 1. The highest BCUT2D eigenvalue weighted by atomic mass is 16.3. The number of nitrogens with zero attached hydrogens (tertiary/aromatic N) is 1. The Bertz CT molecular complexity index is 840. The molecule has 3 rings (SSSR count). The Morgan fingerprint density at radius 1 is 1.10 bits per heavy atom. The van der Waals surface area contributed by atoms with Gasteiger partial charge in [0.15, 0.2) is 5.76 Å². The fourth-order valence-electron chi connectivity index (χ4n) is 3.40. The second kappa shape index (κ2) is 9.91. The van der Waals surface area contributed by atoms with Crippen LogP contribution in [0.4, 0.5) is 5.69 Å². The maximum absolute atomic E-state index is 12.7. The average Bonchev–Trinajstić information content (AvgIpc) is 3.29. The van der Waals surface area contributed by atoms with Gasteiger partial charge in [-0.2, -0.15) is 0 Å². The maximum atomic E-state index is 12.7. The van der Waals surface area contributed by atoms with E-state index >= 15 is 0 Å². The van der Waals surface area contributed by atoms with Gasteiger partial charge in [-0.1, -0.05) is 25.5 Å². The molecule has 0 aliphatic carbocycles. The molecule has 0 atom stereocenters. The predicted molar refractivity (Wildman–Crippen MR) is 110 cm³/mol. The Balaban J connectivity index is 1.56. The minimum absolute atomic E-state index is 0.121. The van der Waals surface area contributed by atoms with Crippen molar-refractivity contribution in [3.05, 3.63) is 54.0 Å². The van der Waals surface area contributed by atoms with Crippen LogP contribution in [0.1, 0.15) is 53.5 Å². The number of carbonyl (C=O) groups is 3. The van der Waals surface area contributed by atoms with Crippen molar-refractivity contribution in [3.63, 3.8) is 0 Å². The molecule has 7 heteroatoms. The van der Waals surface area contributed by atoms with Crippen molar-refractivity contribution >= 4 is 23.4 Å². The van der Waals surface area contributed by atoms with Crippen molar-refractivity contribution in [2.45, 2.75) is 32.6 Å². The molecule has 0 bridgehead atoms. The Morgan fingerprint density at radius 2 is 1.86 bits per heavy atom. The fourth-order valence-corrected chi connectivity index (χ4v) is 3.40. The van der Waals surface area contributed by atoms with Crippen LogP contribution >= 0.6 is 0 Å². The van der Waals surface area contributed by atoms with Gasteiger partial charge >= 0.3 is 0 Å². The quantitative estimate of drug-likeness (QED) is 0.701. The van der Waals surface area contributed by atoms with Gasteiger partial charge in [0, 0.05) is 25.6 Å². The third-order valence-electron chi connectivity index (χ3n) is 5.13. The van der Waals surface area contributed by atoms with Gasteiger partial charge in [-0.05, 0) is 43.5 Å². The third kappa shape index (κ3) is 5.25. The van der Waals surface area contributed by atoms with E-state index in [2.05, 4.69) is 17.6 Å². The summed E-state index contributed by atoms with van der Waals surface area (Å²) in [5.41, 5.74) is 0.975. The molecule has 1 aromatic heterocycles. The monoisotopic (exact) mass is 397 g/mol. The molecule has 2 heterocycles. The van der Waals surface area contributed by atoms with Crippen LogP contribution in [0.15, 0.2) is 47.1 Å². The van der Waals surface area contributed by atoms with Gasteiger partial charge < -0.3 is 20.0 Å². The maximum Gasteiger partial charge on any atom is 0.289 e. The lowest BCUT2D eigenvalue weighted by molar-refractivity contribution is -0.121. The summed E-state index contributed by atoms with van der Waals surface area (Å²) < 4.78 is 5.16. The van der Waals surface area contributed by atoms with E-state index in [1.807, 2.05) is 0 Å². The summed E-state index contributed by atoms with van der Waals surface area (Å²) in [5, 5.41) is 5.78. The number of furan rings is 1. The molecule has 1 aromatic carbocycles. The molecule has 1 fully saturated rings. The summed E-state index contributed by atoms with van der Waals surface area (Å²) in [5.74, 6) is -0.345. The Morgan fingerprint density at radius 3 is 2.55 bits per heavy atom. The van der Waals surface area contributed by atoms with E-state index in [4.69, 9.17) is 4.42 Å². The van der Waals surface area contributed by atoms with E-state index in [-0.39, 0.29) is 23.6 Å². The number of unbranched alkanes of at least 4 members (excludes halogenated alkanes) is 1. The molecule has 1 aliphatic heterocycles. The van der Waals surface area contributed by atoms with Crippen LogP contribution in [-0.2, 0) is 4.79 Å². The highest BCUT2D eigenvalue weighted by Gasteiger charge is 2.29. The Labute approximate surface area is 170 Å². The number of amides is 3. The number of rotatable bonds is 7. The van der Waals surface area contributed by atoms with E-state index < -0.39 is 0 Å². The Kier molecular flexibility index (Phi) is 7.05. The summed E-state index contributed by atoms with van der Waals surface area (Å²) in [6.45, 7) is 3.67. The number of hydrogen-bond acceptors (Lipinski definition) is 4.